The summed E-state index contributed by atoms with van der Waals surface area (Å²) in [5.41, 5.74) is 2.44. The Morgan fingerprint density at radius 1 is 1.17 bits per heavy atom. The van der Waals surface area contributed by atoms with Gasteiger partial charge in [-0.1, -0.05) is 29.8 Å². The fraction of sp³-hybridized carbons (Fsp3) is 0. The van der Waals surface area contributed by atoms with E-state index in [1.165, 1.54) is 0 Å². The summed E-state index contributed by atoms with van der Waals surface area (Å²) in [5.74, 6) is 0. The number of hydrogen-bond acceptors (Lipinski definition) is 2. The maximum absolute atomic E-state index is 6.18. The lowest BCUT2D eigenvalue weighted by molar-refractivity contribution is 1.09. The van der Waals surface area contributed by atoms with Crippen LogP contribution in [0.1, 0.15) is 0 Å². The van der Waals surface area contributed by atoms with Crippen LogP contribution in [0.15, 0.2) is 45.9 Å². The van der Waals surface area contributed by atoms with Gasteiger partial charge in [-0.2, -0.15) is 0 Å². The second-order valence-electron chi connectivity index (χ2n) is 3.67. The molecule has 0 atom stereocenters. The molecular weight excluding hydrogens is 381 g/mol. The van der Waals surface area contributed by atoms with Crippen molar-refractivity contribution in [2.24, 2.45) is 0 Å². The second kappa shape index (κ2) is 4.64. The zero-order valence-electron chi connectivity index (χ0n) is 8.94. The SMILES string of the molecule is Clc1ccccc1-c1cn2c(Br)cnc2c(Br)n1. The first kappa shape index (κ1) is 12.1. The van der Waals surface area contributed by atoms with E-state index >= 15 is 0 Å². The highest BCUT2D eigenvalue weighted by atomic mass is 79.9. The van der Waals surface area contributed by atoms with Crippen LogP contribution in [-0.2, 0) is 0 Å². The number of hydrogen-bond donors (Lipinski definition) is 0. The van der Waals surface area contributed by atoms with Crippen LogP contribution in [0, 0.1) is 0 Å². The molecule has 2 heterocycles. The Morgan fingerprint density at radius 3 is 2.72 bits per heavy atom. The van der Waals surface area contributed by atoms with Gasteiger partial charge in [-0.05, 0) is 37.9 Å². The minimum Gasteiger partial charge on any atom is -0.290 e. The third-order valence-corrected chi connectivity index (χ3v) is 4.00. The van der Waals surface area contributed by atoms with E-state index in [2.05, 4.69) is 41.8 Å². The molecule has 3 aromatic rings. The van der Waals surface area contributed by atoms with Gasteiger partial charge in [-0.25, -0.2) is 9.97 Å². The van der Waals surface area contributed by atoms with Crippen LogP contribution in [0.25, 0.3) is 16.9 Å². The standard InChI is InChI=1S/C12H6Br2ClN3/c13-10-5-16-12-11(14)17-9(6-18(10)12)7-3-1-2-4-8(7)15/h1-6H. The zero-order valence-corrected chi connectivity index (χ0v) is 12.9. The minimum atomic E-state index is 0.674. The van der Waals surface area contributed by atoms with Crippen LogP contribution in [0.5, 0.6) is 0 Å². The van der Waals surface area contributed by atoms with Crippen LogP contribution in [0.3, 0.4) is 0 Å². The molecule has 18 heavy (non-hydrogen) atoms. The lowest BCUT2D eigenvalue weighted by Gasteiger charge is -2.06. The molecular formula is C12H6Br2ClN3. The van der Waals surface area contributed by atoms with E-state index in [0.717, 1.165) is 21.5 Å². The number of benzene rings is 1. The maximum Gasteiger partial charge on any atom is 0.171 e. The highest BCUT2D eigenvalue weighted by Crippen LogP contribution is 2.29. The first-order chi connectivity index (χ1) is 8.66. The minimum absolute atomic E-state index is 0.674. The van der Waals surface area contributed by atoms with Crippen molar-refractivity contribution >= 4 is 49.1 Å². The lowest BCUT2D eigenvalue weighted by Crippen LogP contribution is -1.93. The molecule has 90 valence electrons. The van der Waals surface area contributed by atoms with Crippen LogP contribution in [0.4, 0.5) is 0 Å². The van der Waals surface area contributed by atoms with E-state index in [-0.39, 0.29) is 0 Å². The molecule has 6 heteroatoms. The maximum atomic E-state index is 6.18. The molecule has 0 N–H and O–H groups in total. The molecule has 0 saturated carbocycles. The molecule has 0 radical (unpaired) electrons. The van der Waals surface area contributed by atoms with Gasteiger partial charge in [0, 0.05) is 11.8 Å². The molecule has 1 aromatic carbocycles. The van der Waals surface area contributed by atoms with Gasteiger partial charge in [-0.3, -0.25) is 4.40 Å². The van der Waals surface area contributed by atoms with Crippen molar-refractivity contribution in [3.63, 3.8) is 0 Å². The number of aromatic nitrogens is 3. The normalized spacial score (nSPS) is 11.1. The summed E-state index contributed by atoms with van der Waals surface area (Å²) in [6, 6.07) is 7.61. The van der Waals surface area contributed by atoms with Crippen molar-refractivity contribution in [2.45, 2.75) is 0 Å². The molecule has 0 aliphatic carbocycles. The molecule has 0 saturated heterocycles. The second-order valence-corrected chi connectivity index (χ2v) is 5.64. The molecule has 0 spiro atoms. The van der Waals surface area contributed by atoms with E-state index in [0.29, 0.717) is 9.63 Å². The van der Waals surface area contributed by atoms with E-state index < -0.39 is 0 Å². The third kappa shape index (κ3) is 1.96. The van der Waals surface area contributed by atoms with Gasteiger partial charge in [0.2, 0.25) is 0 Å². The van der Waals surface area contributed by atoms with E-state index in [9.17, 15) is 0 Å². The Bertz CT molecular complexity index is 739. The zero-order chi connectivity index (χ0) is 12.7. The summed E-state index contributed by atoms with van der Waals surface area (Å²) in [7, 11) is 0. The summed E-state index contributed by atoms with van der Waals surface area (Å²) in [4.78, 5) is 8.72. The number of imidazole rings is 1. The molecule has 3 rings (SSSR count). The molecule has 0 fully saturated rings. The van der Waals surface area contributed by atoms with Gasteiger partial charge >= 0.3 is 0 Å². The summed E-state index contributed by atoms with van der Waals surface area (Å²) >= 11 is 13.1. The number of fused-ring (bicyclic) bond motifs is 1. The van der Waals surface area contributed by atoms with Crippen molar-refractivity contribution < 1.29 is 0 Å². The molecule has 3 nitrogen and oxygen atoms in total. The van der Waals surface area contributed by atoms with Gasteiger partial charge in [-0.15, -0.1) is 0 Å². The quantitative estimate of drug-likeness (QED) is 0.612. The largest absolute Gasteiger partial charge is 0.290 e. The van der Waals surface area contributed by atoms with Gasteiger partial charge < -0.3 is 0 Å². The fourth-order valence-electron chi connectivity index (χ4n) is 1.72. The Balaban J connectivity index is 2.31. The molecule has 2 aromatic heterocycles. The van der Waals surface area contributed by atoms with Crippen molar-refractivity contribution in [3.05, 3.63) is 50.9 Å². The Kier molecular flexibility index (Phi) is 3.13. The van der Waals surface area contributed by atoms with Gasteiger partial charge in [0.1, 0.15) is 9.21 Å². The van der Waals surface area contributed by atoms with Crippen molar-refractivity contribution in [2.75, 3.05) is 0 Å². The highest BCUT2D eigenvalue weighted by Gasteiger charge is 2.11. The van der Waals surface area contributed by atoms with Crippen LogP contribution >= 0.6 is 43.5 Å². The van der Waals surface area contributed by atoms with Crippen molar-refractivity contribution in [1.82, 2.24) is 14.4 Å². The van der Waals surface area contributed by atoms with Crippen LogP contribution in [0.2, 0.25) is 5.02 Å². The molecule has 0 amide bonds. The van der Waals surface area contributed by atoms with Gasteiger partial charge in [0.15, 0.2) is 5.65 Å². The van der Waals surface area contributed by atoms with E-state index in [1.54, 1.807) is 6.20 Å². The van der Waals surface area contributed by atoms with Crippen molar-refractivity contribution in [1.29, 1.82) is 0 Å². The molecule has 0 aliphatic heterocycles. The molecule has 0 bridgehead atoms. The summed E-state index contributed by atoms with van der Waals surface area (Å²) in [6.45, 7) is 0. The van der Waals surface area contributed by atoms with Gasteiger partial charge in [0.25, 0.3) is 0 Å². The fourth-order valence-corrected chi connectivity index (χ4v) is 2.81. The first-order valence-electron chi connectivity index (χ1n) is 5.11. The monoisotopic (exact) mass is 385 g/mol. The third-order valence-electron chi connectivity index (χ3n) is 2.56. The van der Waals surface area contributed by atoms with E-state index in [1.807, 2.05) is 34.9 Å². The number of nitrogens with zero attached hydrogens (tertiary/aromatic N) is 3. The summed E-state index contributed by atoms with van der Waals surface area (Å²) in [5, 5.41) is 0.674. The smallest absolute Gasteiger partial charge is 0.171 e. The molecule has 0 aliphatic rings. The predicted molar refractivity (Wildman–Crippen MR) is 78.8 cm³/mol. The highest BCUT2D eigenvalue weighted by molar-refractivity contribution is 9.10. The average Bonchev–Trinajstić information content (AvgIpc) is 2.72. The van der Waals surface area contributed by atoms with Crippen LogP contribution in [-0.4, -0.2) is 14.4 Å². The van der Waals surface area contributed by atoms with Crippen LogP contribution < -0.4 is 0 Å². The average molecular weight is 387 g/mol. The number of rotatable bonds is 1. The lowest BCUT2D eigenvalue weighted by atomic mass is 10.2. The number of halogens is 3. The Morgan fingerprint density at radius 2 is 1.94 bits per heavy atom. The van der Waals surface area contributed by atoms with Gasteiger partial charge in [0.05, 0.1) is 16.9 Å². The summed E-state index contributed by atoms with van der Waals surface area (Å²) in [6.07, 6.45) is 3.64. The predicted octanol–water partition coefficient (Wildman–Crippen LogP) is 4.57. The van der Waals surface area contributed by atoms with Crippen molar-refractivity contribution in [3.8, 4) is 11.3 Å². The topological polar surface area (TPSA) is 30.2 Å². The Labute approximate surface area is 125 Å². The first-order valence-corrected chi connectivity index (χ1v) is 7.07. The summed E-state index contributed by atoms with van der Waals surface area (Å²) < 4.78 is 3.47. The molecule has 0 unspecified atom stereocenters. The van der Waals surface area contributed by atoms with E-state index in [4.69, 9.17) is 11.6 Å². The Hall–Kier alpha value is -0.910.